The quantitative estimate of drug-likeness (QED) is 0.881. The third kappa shape index (κ3) is 2.68. The van der Waals surface area contributed by atoms with Gasteiger partial charge in [0.1, 0.15) is 0 Å². The normalized spacial score (nSPS) is 18.7. The molecule has 0 aromatic heterocycles. The second-order valence-electron chi connectivity index (χ2n) is 5.36. The van der Waals surface area contributed by atoms with Crippen molar-refractivity contribution >= 4 is 5.69 Å². The van der Waals surface area contributed by atoms with E-state index in [1.165, 1.54) is 16.8 Å². The van der Waals surface area contributed by atoms with Crippen LogP contribution >= 0.6 is 0 Å². The first-order valence-electron chi connectivity index (χ1n) is 6.83. The molecule has 1 fully saturated rings. The number of rotatable bonds is 3. The molecule has 100 valence electrons. The molecule has 3 nitrogen and oxygen atoms in total. The summed E-state index contributed by atoms with van der Waals surface area (Å²) in [6, 6.07) is 7.09. The van der Waals surface area contributed by atoms with Crippen molar-refractivity contribution in [3.8, 4) is 0 Å². The second-order valence-corrected chi connectivity index (χ2v) is 5.36. The van der Waals surface area contributed by atoms with E-state index in [2.05, 4.69) is 61.3 Å². The van der Waals surface area contributed by atoms with Crippen molar-refractivity contribution in [3.05, 3.63) is 29.3 Å². The fraction of sp³-hybridized carbons (Fsp3) is 0.600. The topological polar surface area (TPSA) is 18.5 Å². The lowest BCUT2D eigenvalue weighted by Gasteiger charge is -2.35. The van der Waals surface area contributed by atoms with Gasteiger partial charge >= 0.3 is 0 Å². The Morgan fingerprint density at radius 1 is 1.22 bits per heavy atom. The Morgan fingerprint density at radius 2 is 1.89 bits per heavy atom. The molecule has 0 bridgehead atoms. The minimum atomic E-state index is 0.491. The van der Waals surface area contributed by atoms with Crippen LogP contribution in [0.3, 0.4) is 0 Å². The third-order valence-electron chi connectivity index (χ3n) is 3.90. The molecule has 2 rings (SSSR count). The molecule has 1 N–H and O–H groups in total. The van der Waals surface area contributed by atoms with Crippen LogP contribution in [0.4, 0.5) is 5.69 Å². The number of aryl methyl sites for hydroxylation is 1. The molecule has 1 aliphatic rings. The number of piperazine rings is 1. The standard InChI is InChI=1S/C15H25N3/c1-12-6-5-7-14(17(3)4)15(12)13(2)18-10-8-16-9-11-18/h5-7,13,16H,8-11H2,1-4H3. The monoisotopic (exact) mass is 247 g/mol. The number of nitrogens with one attached hydrogen (secondary N) is 1. The average Bonchev–Trinajstić information content (AvgIpc) is 2.38. The summed E-state index contributed by atoms with van der Waals surface area (Å²) in [6.07, 6.45) is 0. The molecule has 1 aromatic rings. The molecule has 0 amide bonds. The van der Waals surface area contributed by atoms with Gasteiger partial charge in [-0.1, -0.05) is 12.1 Å². The van der Waals surface area contributed by atoms with Crippen molar-refractivity contribution < 1.29 is 0 Å². The van der Waals surface area contributed by atoms with E-state index in [-0.39, 0.29) is 0 Å². The van der Waals surface area contributed by atoms with Gasteiger partial charge in [-0.3, -0.25) is 4.90 Å². The largest absolute Gasteiger partial charge is 0.377 e. The van der Waals surface area contributed by atoms with Crippen molar-refractivity contribution in [2.75, 3.05) is 45.2 Å². The highest BCUT2D eigenvalue weighted by Gasteiger charge is 2.22. The molecular weight excluding hydrogens is 222 g/mol. The molecule has 3 heteroatoms. The number of anilines is 1. The van der Waals surface area contributed by atoms with Crippen LogP contribution in [-0.2, 0) is 0 Å². The number of nitrogens with zero attached hydrogens (tertiary/aromatic N) is 2. The summed E-state index contributed by atoms with van der Waals surface area (Å²) in [6.45, 7) is 9.05. The highest BCUT2D eigenvalue weighted by atomic mass is 15.2. The van der Waals surface area contributed by atoms with Crippen LogP contribution in [0.5, 0.6) is 0 Å². The lowest BCUT2D eigenvalue weighted by atomic mass is 9.98. The second kappa shape index (κ2) is 5.72. The minimum Gasteiger partial charge on any atom is -0.377 e. The van der Waals surface area contributed by atoms with E-state index in [4.69, 9.17) is 0 Å². The van der Waals surface area contributed by atoms with Crippen LogP contribution in [0, 0.1) is 6.92 Å². The average molecular weight is 247 g/mol. The van der Waals surface area contributed by atoms with Gasteiger partial charge in [-0.2, -0.15) is 0 Å². The van der Waals surface area contributed by atoms with E-state index in [1.54, 1.807) is 0 Å². The Morgan fingerprint density at radius 3 is 2.50 bits per heavy atom. The molecule has 0 radical (unpaired) electrons. The van der Waals surface area contributed by atoms with Crippen LogP contribution in [-0.4, -0.2) is 45.2 Å². The van der Waals surface area contributed by atoms with Gasteiger partial charge in [0, 0.05) is 52.0 Å². The Balaban J connectivity index is 2.30. The predicted octanol–water partition coefficient (Wildman–Crippen LogP) is 2.03. The van der Waals surface area contributed by atoms with Gasteiger partial charge < -0.3 is 10.2 Å². The molecule has 0 saturated carbocycles. The maximum Gasteiger partial charge on any atom is 0.0412 e. The van der Waals surface area contributed by atoms with Gasteiger partial charge in [0.05, 0.1) is 0 Å². The Bertz CT molecular complexity index is 395. The van der Waals surface area contributed by atoms with Crippen LogP contribution in [0.1, 0.15) is 24.1 Å². The fourth-order valence-electron chi connectivity index (χ4n) is 2.85. The number of benzene rings is 1. The van der Waals surface area contributed by atoms with Gasteiger partial charge in [0.2, 0.25) is 0 Å². The summed E-state index contributed by atoms with van der Waals surface area (Å²) in [7, 11) is 4.26. The maximum atomic E-state index is 3.42. The predicted molar refractivity (Wildman–Crippen MR) is 78.4 cm³/mol. The smallest absolute Gasteiger partial charge is 0.0412 e. The summed E-state index contributed by atoms with van der Waals surface area (Å²) in [4.78, 5) is 4.80. The van der Waals surface area contributed by atoms with E-state index < -0.39 is 0 Å². The summed E-state index contributed by atoms with van der Waals surface area (Å²) in [5.41, 5.74) is 4.22. The molecule has 0 aliphatic carbocycles. The SMILES string of the molecule is Cc1cccc(N(C)C)c1C(C)N1CCNCC1. The van der Waals surface area contributed by atoms with Crippen LogP contribution in [0.25, 0.3) is 0 Å². The Hall–Kier alpha value is -1.06. The van der Waals surface area contributed by atoms with Crippen LogP contribution < -0.4 is 10.2 Å². The highest BCUT2D eigenvalue weighted by molar-refractivity contribution is 5.57. The third-order valence-corrected chi connectivity index (χ3v) is 3.90. The zero-order chi connectivity index (χ0) is 13.1. The van der Waals surface area contributed by atoms with Crippen molar-refractivity contribution in [2.24, 2.45) is 0 Å². The van der Waals surface area contributed by atoms with Gasteiger partial charge in [0.25, 0.3) is 0 Å². The van der Waals surface area contributed by atoms with E-state index in [1.807, 2.05) is 0 Å². The first-order chi connectivity index (χ1) is 8.61. The van der Waals surface area contributed by atoms with Crippen LogP contribution in [0.2, 0.25) is 0 Å². The van der Waals surface area contributed by atoms with Gasteiger partial charge in [-0.15, -0.1) is 0 Å². The Labute approximate surface area is 111 Å². The lowest BCUT2D eigenvalue weighted by Crippen LogP contribution is -2.44. The van der Waals surface area contributed by atoms with Crippen molar-refractivity contribution in [2.45, 2.75) is 19.9 Å². The van der Waals surface area contributed by atoms with Crippen LogP contribution in [0.15, 0.2) is 18.2 Å². The molecule has 1 aromatic carbocycles. The van der Waals surface area contributed by atoms with Gasteiger partial charge in [-0.25, -0.2) is 0 Å². The first kappa shape index (κ1) is 13.4. The molecule has 1 saturated heterocycles. The molecule has 1 atom stereocenters. The molecule has 0 spiro atoms. The van der Waals surface area contributed by atoms with Gasteiger partial charge in [-0.05, 0) is 31.0 Å². The molecule has 1 aliphatic heterocycles. The Kier molecular flexibility index (Phi) is 4.25. The molecule has 18 heavy (non-hydrogen) atoms. The minimum absolute atomic E-state index is 0.491. The summed E-state index contributed by atoms with van der Waals surface area (Å²) < 4.78 is 0. The van der Waals surface area contributed by atoms with E-state index in [0.29, 0.717) is 6.04 Å². The zero-order valence-corrected chi connectivity index (χ0v) is 12.0. The zero-order valence-electron chi connectivity index (χ0n) is 12.0. The van der Waals surface area contributed by atoms with Crippen molar-refractivity contribution in [1.82, 2.24) is 10.2 Å². The molecular formula is C15H25N3. The van der Waals surface area contributed by atoms with E-state index in [9.17, 15) is 0 Å². The van der Waals surface area contributed by atoms with E-state index in [0.717, 1.165) is 26.2 Å². The highest BCUT2D eigenvalue weighted by Crippen LogP contribution is 2.31. The summed E-state index contributed by atoms with van der Waals surface area (Å²) >= 11 is 0. The molecule has 1 heterocycles. The van der Waals surface area contributed by atoms with Crippen molar-refractivity contribution in [1.29, 1.82) is 0 Å². The fourth-order valence-corrected chi connectivity index (χ4v) is 2.85. The van der Waals surface area contributed by atoms with Crippen molar-refractivity contribution in [3.63, 3.8) is 0 Å². The first-order valence-corrected chi connectivity index (χ1v) is 6.83. The summed E-state index contributed by atoms with van der Waals surface area (Å²) in [5, 5.41) is 3.42. The van der Waals surface area contributed by atoms with E-state index >= 15 is 0 Å². The summed E-state index contributed by atoms with van der Waals surface area (Å²) in [5.74, 6) is 0. The number of hydrogen-bond acceptors (Lipinski definition) is 3. The maximum absolute atomic E-state index is 3.42. The van der Waals surface area contributed by atoms with Gasteiger partial charge in [0.15, 0.2) is 0 Å². The molecule has 1 unspecified atom stereocenters. The number of hydrogen-bond donors (Lipinski definition) is 1. The lowest BCUT2D eigenvalue weighted by molar-refractivity contribution is 0.185.